The molecule has 1 N–H and O–H groups in total. The third-order valence-corrected chi connectivity index (χ3v) is 5.48. The molecule has 0 atom stereocenters. The van der Waals surface area contributed by atoms with Gasteiger partial charge in [-0.2, -0.15) is 13.2 Å². The van der Waals surface area contributed by atoms with Crippen molar-refractivity contribution in [3.63, 3.8) is 0 Å². The van der Waals surface area contributed by atoms with Gasteiger partial charge in [-0.05, 0) is 25.0 Å². The van der Waals surface area contributed by atoms with E-state index in [4.69, 9.17) is 9.78 Å². The Balaban J connectivity index is 0.000000363. The number of rotatable bonds is 2. The number of aromatic nitrogens is 4. The van der Waals surface area contributed by atoms with Crippen molar-refractivity contribution in [2.75, 3.05) is 13.1 Å². The van der Waals surface area contributed by atoms with Crippen LogP contribution in [0.5, 0.6) is 0 Å². The Morgan fingerprint density at radius 1 is 1.12 bits per heavy atom. The summed E-state index contributed by atoms with van der Waals surface area (Å²) in [5.74, 6) is 0.319. The molecule has 32 heavy (non-hydrogen) atoms. The zero-order valence-corrected chi connectivity index (χ0v) is 16.7. The van der Waals surface area contributed by atoms with E-state index in [1.165, 1.54) is 0 Å². The molecule has 0 saturated carbocycles. The minimum atomic E-state index is -4.64. The monoisotopic (exact) mass is 445 g/mol. The van der Waals surface area contributed by atoms with Crippen molar-refractivity contribution in [2.24, 2.45) is 0 Å². The van der Waals surface area contributed by atoms with Crippen molar-refractivity contribution in [1.82, 2.24) is 24.3 Å². The quantitative estimate of drug-likeness (QED) is 0.378. The standard InChI is InChI=1S/C19H17N5O2.C2HF3O/c25-11-23-7-3-12(4-8-23)15-10-24-16-2-6-21-19(26)17(16)14-9-20-5-1-13(14)18(24)22-15;3-2(4,5)1-6/h1-2,5-6,9-12H,3-4,7-8H2,(H,21,26);1H. The molecule has 1 fully saturated rings. The number of H-pyrrole nitrogens is 1. The van der Waals surface area contributed by atoms with Gasteiger partial charge in [0.1, 0.15) is 5.65 Å². The zero-order valence-electron chi connectivity index (χ0n) is 16.7. The molecule has 5 rings (SSSR count). The van der Waals surface area contributed by atoms with E-state index < -0.39 is 12.5 Å². The summed E-state index contributed by atoms with van der Waals surface area (Å²) in [6, 6.07) is 3.80. The largest absolute Gasteiger partial charge is 0.446 e. The molecule has 166 valence electrons. The molecule has 0 bridgehead atoms. The van der Waals surface area contributed by atoms with Crippen LogP contribution in [0.25, 0.3) is 27.3 Å². The van der Waals surface area contributed by atoms with Gasteiger partial charge in [0.05, 0.1) is 16.6 Å². The van der Waals surface area contributed by atoms with E-state index in [0.717, 1.165) is 60.0 Å². The number of hydrogen-bond acceptors (Lipinski definition) is 5. The van der Waals surface area contributed by atoms with Crippen LogP contribution < -0.4 is 5.56 Å². The minimum Gasteiger partial charge on any atom is -0.345 e. The maximum atomic E-state index is 12.5. The summed E-state index contributed by atoms with van der Waals surface area (Å²) in [5.41, 5.74) is 2.56. The number of nitrogens with zero attached hydrogens (tertiary/aromatic N) is 4. The van der Waals surface area contributed by atoms with Crippen LogP contribution in [0.1, 0.15) is 24.5 Å². The third kappa shape index (κ3) is 4.05. The van der Waals surface area contributed by atoms with Crippen LogP contribution in [0.2, 0.25) is 0 Å². The van der Waals surface area contributed by atoms with Gasteiger partial charge >= 0.3 is 6.18 Å². The number of amides is 1. The summed E-state index contributed by atoms with van der Waals surface area (Å²) in [5, 5.41) is 2.35. The second-order valence-electron chi connectivity index (χ2n) is 7.42. The maximum absolute atomic E-state index is 12.5. The number of aldehydes is 1. The van der Waals surface area contributed by atoms with E-state index in [2.05, 4.69) is 9.97 Å². The van der Waals surface area contributed by atoms with E-state index in [0.29, 0.717) is 11.3 Å². The van der Waals surface area contributed by atoms with Gasteiger partial charge in [0.25, 0.3) is 5.56 Å². The minimum absolute atomic E-state index is 0.128. The first-order valence-corrected chi connectivity index (χ1v) is 9.81. The normalized spacial score (nSPS) is 15.0. The number of alkyl halides is 3. The number of aromatic amines is 1. The molecular formula is C21H18F3N5O3. The number of halogens is 3. The van der Waals surface area contributed by atoms with Crippen molar-refractivity contribution in [3.05, 3.63) is 53.0 Å². The Hall–Kier alpha value is -3.76. The SMILES string of the molecule is O=CC(F)(F)F.O=CN1CCC(c2cn3c4cc[nH]c(=O)c4c4cnccc4c3n2)CC1. The molecule has 5 heterocycles. The van der Waals surface area contributed by atoms with Gasteiger partial charge in [0.15, 0.2) is 0 Å². The average molecular weight is 445 g/mol. The van der Waals surface area contributed by atoms with Crippen LogP contribution in [0, 0.1) is 0 Å². The number of likely N-dealkylation sites (tertiary alicyclic amines) is 1. The van der Waals surface area contributed by atoms with Crippen molar-refractivity contribution in [2.45, 2.75) is 24.9 Å². The molecule has 0 spiro atoms. The Morgan fingerprint density at radius 2 is 1.84 bits per heavy atom. The Bertz CT molecular complexity index is 1350. The van der Waals surface area contributed by atoms with Gasteiger partial charge in [0.2, 0.25) is 12.7 Å². The number of carbonyl (C=O) groups excluding carboxylic acids is 2. The van der Waals surface area contributed by atoms with Gasteiger partial charge in [-0.1, -0.05) is 0 Å². The second kappa shape index (κ2) is 8.40. The highest BCUT2D eigenvalue weighted by molar-refractivity contribution is 6.10. The van der Waals surface area contributed by atoms with Crippen LogP contribution in [-0.4, -0.2) is 56.2 Å². The summed E-state index contributed by atoms with van der Waals surface area (Å²) in [6.45, 7) is 1.51. The van der Waals surface area contributed by atoms with Crippen LogP contribution in [-0.2, 0) is 9.59 Å². The summed E-state index contributed by atoms with van der Waals surface area (Å²) in [4.78, 5) is 45.8. The van der Waals surface area contributed by atoms with Crippen molar-refractivity contribution in [3.8, 4) is 0 Å². The molecule has 0 aliphatic carbocycles. The second-order valence-corrected chi connectivity index (χ2v) is 7.42. The number of piperidine rings is 1. The molecule has 11 heteroatoms. The molecular weight excluding hydrogens is 427 g/mol. The molecule has 1 amide bonds. The number of carbonyl (C=O) groups is 2. The Morgan fingerprint density at radius 3 is 2.50 bits per heavy atom. The summed E-state index contributed by atoms with van der Waals surface area (Å²) >= 11 is 0. The fourth-order valence-electron chi connectivity index (χ4n) is 3.99. The first kappa shape index (κ1) is 21.5. The molecule has 4 aromatic heterocycles. The van der Waals surface area contributed by atoms with Gasteiger partial charge in [-0.15, -0.1) is 0 Å². The lowest BCUT2D eigenvalue weighted by molar-refractivity contribution is -0.156. The smallest absolute Gasteiger partial charge is 0.345 e. The van der Waals surface area contributed by atoms with E-state index in [1.807, 2.05) is 27.6 Å². The molecule has 4 aromatic rings. The van der Waals surface area contributed by atoms with E-state index in [1.54, 1.807) is 18.6 Å². The molecule has 1 saturated heterocycles. The number of fused-ring (bicyclic) bond motifs is 6. The highest BCUT2D eigenvalue weighted by atomic mass is 19.4. The van der Waals surface area contributed by atoms with Crippen molar-refractivity contribution >= 4 is 40.0 Å². The predicted molar refractivity (Wildman–Crippen MR) is 110 cm³/mol. The Labute approximate surface area is 178 Å². The highest BCUT2D eigenvalue weighted by Crippen LogP contribution is 2.31. The first-order valence-electron chi connectivity index (χ1n) is 9.81. The number of imidazole rings is 1. The van der Waals surface area contributed by atoms with Gasteiger partial charge in [0, 0.05) is 54.6 Å². The van der Waals surface area contributed by atoms with E-state index >= 15 is 0 Å². The summed E-state index contributed by atoms with van der Waals surface area (Å²) in [6.07, 6.45) is 4.17. The van der Waals surface area contributed by atoms with E-state index in [-0.39, 0.29) is 5.56 Å². The summed E-state index contributed by atoms with van der Waals surface area (Å²) in [7, 11) is 0. The highest BCUT2D eigenvalue weighted by Gasteiger charge is 2.25. The summed E-state index contributed by atoms with van der Waals surface area (Å²) < 4.78 is 33.3. The molecule has 1 aliphatic heterocycles. The number of hydrogen-bond donors (Lipinski definition) is 1. The predicted octanol–water partition coefficient (Wildman–Crippen LogP) is 2.81. The van der Waals surface area contributed by atoms with Crippen LogP contribution >= 0.6 is 0 Å². The van der Waals surface area contributed by atoms with Crippen LogP contribution in [0.15, 0.2) is 41.7 Å². The first-order chi connectivity index (χ1) is 15.3. The lowest BCUT2D eigenvalue weighted by atomic mass is 9.94. The lowest BCUT2D eigenvalue weighted by Crippen LogP contribution is -2.31. The molecule has 0 aromatic carbocycles. The topological polar surface area (TPSA) is 100 Å². The maximum Gasteiger partial charge on any atom is 0.446 e. The molecule has 1 aliphatic rings. The average Bonchev–Trinajstić information content (AvgIpc) is 3.25. The van der Waals surface area contributed by atoms with Crippen molar-refractivity contribution < 1.29 is 22.8 Å². The van der Waals surface area contributed by atoms with Crippen LogP contribution in [0.3, 0.4) is 0 Å². The molecule has 8 nitrogen and oxygen atoms in total. The number of nitrogens with one attached hydrogen (secondary N) is 1. The third-order valence-electron chi connectivity index (χ3n) is 5.48. The van der Waals surface area contributed by atoms with Gasteiger partial charge in [-0.3, -0.25) is 23.8 Å². The molecule has 0 radical (unpaired) electrons. The van der Waals surface area contributed by atoms with Crippen molar-refractivity contribution in [1.29, 1.82) is 0 Å². The fraction of sp³-hybridized carbons (Fsp3) is 0.286. The van der Waals surface area contributed by atoms with E-state index in [9.17, 15) is 22.8 Å². The fourth-order valence-corrected chi connectivity index (χ4v) is 3.99. The number of pyridine rings is 3. The van der Waals surface area contributed by atoms with Gasteiger partial charge < -0.3 is 9.88 Å². The Kier molecular flexibility index (Phi) is 5.64. The molecule has 0 unspecified atom stereocenters. The van der Waals surface area contributed by atoms with Gasteiger partial charge in [-0.25, -0.2) is 4.98 Å². The van der Waals surface area contributed by atoms with Crippen LogP contribution in [0.4, 0.5) is 13.2 Å². The zero-order chi connectivity index (χ0) is 22.9. The lowest BCUT2D eigenvalue weighted by Gasteiger charge is -2.27.